The summed E-state index contributed by atoms with van der Waals surface area (Å²) in [6.45, 7) is 4.61. The summed E-state index contributed by atoms with van der Waals surface area (Å²) in [7, 11) is 0. The second-order valence-electron chi connectivity index (χ2n) is 5.67. The monoisotopic (exact) mass is 346 g/mol. The van der Waals surface area contributed by atoms with E-state index < -0.39 is 6.09 Å². The Morgan fingerprint density at radius 3 is 2.92 bits per heavy atom. The van der Waals surface area contributed by atoms with Gasteiger partial charge in [-0.15, -0.1) is 0 Å². The van der Waals surface area contributed by atoms with E-state index in [-0.39, 0.29) is 6.61 Å². The quantitative estimate of drug-likeness (QED) is 0.632. The molecule has 0 unspecified atom stereocenters. The van der Waals surface area contributed by atoms with Crippen LogP contribution in [0.25, 0.3) is 0 Å². The zero-order valence-corrected chi connectivity index (χ0v) is 14.7. The average molecular weight is 346 g/mol. The lowest BCUT2D eigenvalue weighted by Crippen LogP contribution is -2.27. The molecular formula is C18H26N4O3. The summed E-state index contributed by atoms with van der Waals surface area (Å²) in [5.41, 5.74) is 2.11. The molecule has 0 fully saturated rings. The molecule has 7 nitrogen and oxygen atoms in total. The predicted octanol–water partition coefficient (Wildman–Crippen LogP) is 2.35. The second-order valence-corrected chi connectivity index (χ2v) is 5.67. The molecule has 2 aromatic rings. The Kier molecular flexibility index (Phi) is 8.48. The molecule has 0 spiro atoms. The van der Waals surface area contributed by atoms with Gasteiger partial charge >= 0.3 is 6.09 Å². The lowest BCUT2D eigenvalue weighted by molar-refractivity contribution is 0.0717. The van der Waals surface area contributed by atoms with Crippen molar-refractivity contribution in [2.24, 2.45) is 0 Å². The summed E-state index contributed by atoms with van der Waals surface area (Å²) < 4.78 is 12.3. The Morgan fingerprint density at radius 2 is 2.12 bits per heavy atom. The summed E-state index contributed by atoms with van der Waals surface area (Å²) in [4.78, 5) is 15.9. The Hall–Kier alpha value is -2.41. The molecule has 1 N–H and O–H groups in total. The highest BCUT2D eigenvalue weighted by Gasteiger charge is 2.01. The first kappa shape index (κ1) is 18.9. The van der Waals surface area contributed by atoms with Gasteiger partial charge in [-0.05, 0) is 44.4 Å². The maximum absolute atomic E-state index is 11.5. The summed E-state index contributed by atoms with van der Waals surface area (Å²) in [6, 6.07) is 7.89. The number of rotatable bonds is 11. The Morgan fingerprint density at radius 1 is 1.20 bits per heavy atom. The molecule has 0 aliphatic heterocycles. The highest BCUT2D eigenvalue weighted by atomic mass is 16.6. The Balaban J connectivity index is 1.40. The van der Waals surface area contributed by atoms with Crippen molar-refractivity contribution in [2.75, 3.05) is 26.4 Å². The maximum Gasteiger partial charge on any atom is 0.407 e. The van der Waals surface area contributed by atoms with Gasteiger partial charge in [-0.3, -0.25) is 9.67 Å². The van der Waals surface area contributed by atoms with Crippen LogP contribution in [-0.4, -0.2) is 47.2 Å². The average Bonchev–Trinajstić information content (AvgIpc) is 3.11. The number of ether oxygens (including phenoxy) is 2. The highest BCUT2D eigenvalue weighted by Crippen LogP contribution is 2.01. The summed E-state index contributed by atoms with van der Waals surface area (Å²) in [5, 5.41) is 6.80. The molecule has 2 aromatic heterocycles. The van der Waals surface area contributed by atoms with E-state index in [1.165, 1.54) is 0 Å². The van der Waals surface area contributed by atoms with Crippen LogP contribution in [0.3, 0.4) is 0 Å². The first-order valence-electron chi connectivity index (χ1n) is 8.62. The molecule has 0 aliphatic carbocycles. The second kappa shape index (κ2) is 11.2. The van der Waals surface area contributed by atoms with Crippen LogP contribution in [0.1, 0.15) is 24.2 Å². The molecule has 0 bridgehead atoms. The molecule has 0 aromatic carbocycles. The van der Waals surface area contributed by atoms with Gasteiger partial charge in [-0.25, -0.2) is 4.79 Å². The van der Waals surface area contributed by atoms with Gasteiger partial charge in [0.2, 0.25) is 0 Å². The van der Waals surface area contributed by atoms with Crippen molar-refractivity contribution in [3.05, 3.63) is 48.0 Å². The van der Waals surface area contributed by atoms with Crippen LogP contribution < -0.4 is 5.32 Å². The third-order valence-corrected chi connectivity index (χ3v) is 3.52. The first-order valence-corrected chi connectivity index (χ1v) is 8.62. The third-order valence-electron chi connectivity index (χ3n) is 3.52. The third kappa shape index (κ3) is 8.30. The van der Waals surface area contributed by atoms with Gasteiger partial charge in [0.15, 0.2) is 0 Å². The highest BCUT2D eigenvalue weighted by molar-refractivity contribution is 5.66. The van der Waals surface area contributed by atoms with Crippen LogP contribution >= 0.6 is 0 Å². The van der Waals surface area contributed by atoms with Crippen LogP contribution in [0, 0.1) is 6.92 Å². The lowest BCUT2D eigenvalue weighted by atomic mass is 10.2. The van der Waals surface area contributed by atoms with Crippen molar-refractivity contribution in [2.45, 2.75) is 32.7 Å². The molecule has 136 valence electrons. The van der Waals surface area contributed by atoms with Gasteiger partial charge in [0.1, 0.15) is 6.61 Å². The van der Waals surface area contributed by atoms with Crippen LogP contribution in [0.5, 0.6) is 0 Å². The van der Waals surface area contributed by atoms with E-state index in [9.17, 15) is 4.79 Å². The van der Waals surface area contributed by atoms with Crippen LogP contribution in [0.4, 0.5) is 4.79 Å². The molecule has 25 heavy (non-hydrogen) atoms. The largest absolute Gasteiger partial charge is 0.447 e. The summed E-state index contributed by atoms with van der Waals surface area (Å²) >= 11 is 0. The van der Waals surface area contributed by atoms with E-state index in [0.29, 0.717) is 19.8 Å². The number of nitrogens with zero attached hydrogens (tertiary/aromatic N) is 3. The van der Waals surface area contributed by atoms with Gasteiger partial charge in [0.05, 0.1) is 6.61 Å². The molecule has 2 heterocycles. The molecule has 0 saturated carbocycles. The Bertz CT molecular complexity index is 617. The topological polar surface area (TPSA) is 78.3 Å². The van der Waals surface area contributed by atoms with E-state index in [2.05, 4.69) is 15.4 Å². The normalized spacial score (nSPS) is 10.6. The number of alkyl carbamates (subject to hydrolysis) is 1. The van der Waals surface area contributed by atoms with Crippen molar-refractivity contribution in [1.82, 2.24) is 20.1 Å². The van der Waals surface area contributed by atoms with E-state index >= 15 is 0 Å². The minimum absolute atomic E-state index is 0.258. The lowest BCUT2D eigenvalue weighted by Gasteiger charge is -2.08. The van der Waals surface area contributed by atoms with Gasteiger partial charge in [0, 0.05) is 43.5 Å². The van der Waals surface area contributed by atoms with Gasteiger partial charge in [0.25, 0.3) is 0 Å². The van der Waals surface area contributed by atoms with E-state index in [4.69, 9.17) is 9.47 Å². The number of pyridine rings is 1. The van der Waals surface area contributed by atoms with Gasteiger partial charge in [-0.2, -0.15) is 5.10 Å². The van der Waals surface area contributed by atoms with Crippen LogP contribution in [0.15, 0.2) is 36.7 Å². The zero-order chi connectivity index (χ0) is 17.7. The van der Waals surface area contributed by atoms with Gasteiger partial charge < -0.3 is 14.8 Å². The van der Waals surface area contributed by atoms with Crippen LogP contribution in [0.2, 0.25) is 0 Å². The molecule has 0 saturated heterocycles. The number of aromatic nitrogens is 3. The van der Waals surface area contributed by atoms with Crippen molar-refractivity contribution in [1.29, 1.82) is 0 Å². The molecular weight excluding hydrogens is 320 g/mol. The fourth-order valence-corrected chi connectivity index (χ4v) is 2.30. The minimum Gasteiger partial charge on any atom is -0.447 e. The standard InChI is InChI=1S/C18H26N4O3/c1-16-6-2-7-17(21-16)8-3-13-24-14-15-25-18(23)19-9-4-11-22-12-5-10-20-22/h2,5-7,10,12H,3-4,8-9,11,13-15H2,1H3,(H,19,23). The first-order chi connectivity index (χ1) is 12.2. The predicted molar refractivity (Wildman–Crippen MR) is 94.3 cm³/mol. The molecule has 0 radical (unpaired) electrons. The number of nitrogens with one attached hydrogen (secondary N) is 1. The van der Waals surface area contributed by atoms with Gasteiger partial charge in [-0.1, -0.05) is 6.07 Å². The van der Waals surface area contributed by atoms with E-state index in [1.807, 2.05) is 42.1 Å². The molecule has 1 amide bonds. The van der Waals surface area contributed by atoms with Crippen molar-refractivity contribution in [3.8, 4) is 0 Å². The SMILES string of the molecule is Cc1cccc(CCCOCCOC(=O)NCCCn2cccn2)n1. The van der Waals surface area contributed by atoms with Crippen LogP contribution in [-0.2, 0) is 22.4 Å². The summed E-state index contributed by atoms with van der Waals surface area (Å²) in [5.74, 6) is 0. The van der Waals surface area contributed by atoms with E-state index in [0.717, 1.165) is 37.2 Å². The molecule has 7 heteroatoms. The van der Waals surface area contributed by atoms with Crippen molar-refractivity contribution < 1.29 is 14.3 Å². The Labute approximate surface area is 148 Å². The number of amides is 1. The zero-order valence-electron chi connectivity index (χ0n) is 14.7. The number of hydrogen-bond acceptors (Lipinski definition) is 5. The number of aryl methyl sites for hydroxylation is 3. The molecule has 0 aliphatic rings. The smallest absolute Gasteiger partial charge is 0.407 e. The number of hydrogen-bond donors (Lipinski definition) is 1. The van der Waals surface area contributed by atoms with Crippen molar-refractivity contribution in [3.63, 3.8) is 0 Å². The van der Waals surface area contributed by atoms with Crippen molar-refractivity contribution >= 4 is 6.09 Å². The van der Waals surface area contributed by atoms with E-state index in [1.54, 1.807) is 6.20 Å². The number of carbonyl (C=O) groups is 1. The number of carbonyl (C=O) groups excluding carboxylic acids is 1. The molecule has 0 atom stereocenters. The maximum atomic E-state index is 11.5. The fourth-order valence-electron chi connectivity index (χ4n) is 2.30. The fraction of sp³-hybridized carbons (Fsp3) is 0.500. The minimum atomic E-state index is -0.409. The molecule has 2 rings (SSSR count). The summed E-state index contributed by atoms with van der Waals surface area (Å²) in [6.07, 6.45) is 5.81.